The number of hydrogen-bond acceptors (Lipinski definition) is 2. The predicted octanol–water partition coefficient (Wildman–Crippen LogP) is 3.24. The normalized spacial score (nSPS) is 16.2. The number of aliphatic carboxylic acids is 1. The number of carbonyl (C=O) groups is 1. The number of alkyl halides is 1. The average Bonchev–Trinajstić information content (AvgIpc) is 2.17. The fourth-order valence-electron chi connectivity index (χ4n) is 1.01. The number of carboxylic acid groups (broad SMARTS) is 1. The van der Waals surface area contributed by atoms with Crippen LogP contribution in [-0.4, -0.2) is 23.2 Å². The fraction of sp³-hybridized carbons (Fsp3) is 0.400. The van der Waals surface area contributed by atoms with Gasteiger partial charge in [0.15, 0.2) is 0 Å². The Morgan fingerprint density at radius 1 is 1.73 bits per heavy atom. The van der Waals surface area contributed by atoms with Gasteiger partial charge in [-0.1, -0.05) is 12.7 Å². The molecule has 0 saturated heterocycles. The first-order valence-corrected chi connectivity index (χ1v) is 5.80. The van der Waals surface area contributed by atoms with Gasteiger partial charge in [-0.25, -0.2) is 0 Å². The van der Waals surface area contributed by atoms with Gasteiger partial charge >= 0.3 is 5.97 Å². The van der Waals surface area contributed by atoms with E-state index in [1.54, 1.807) is 13.0 Å². The lowest BCUT2D eigenvalue weighted by Crippen LogP contribution is -2.22. The molecule has 0 heterocycles. The van der Waals surface area contributed by atoms with Crippen LogP contribution < -0.4 is 0 Å². The molecule has 0 rings (SSSR count). The maximum absolute atomic E-state index is 10.9. The number of nitrogens with zero attached hydrogens (tertiary/aromatic N) is 1. The highest BCUT2D eigenvalue weighted by molar-refractivity contribution is 14.1. The molecule has 15 heavy (non-hydrogen) atoms. The molecule has 0 radical (unpaired) electrons. The topological polar surface area (TPSA) is 49.7 Å². The molecule has 0 bridgehead atoms. The standard InChI is InChI=1S/C10H13ClINO2/c1-4-8(12)9(13-3)5-7(6(2)11)10(14)15/h4,6-7H,1,3,5H2,2H3,(H,14,15)/b9-8-/t6?,7-/m1/s1. The van der Waals surface area contributed by atoms with E-state index in [0.717, 1.165) is 3.58 Å². The number of rotatable bonds is 6. The van der Waals surface area contributed by atoms with Crippen molar-refractivity contribution in [1.82, 2.24) is 0 Å². The second-order valence-electron chi connectivity index (χ2n) is 2.98. The van der Waals surface area contributed by atoms with Gasteiger partial charge in [0.25, 0.3) is 0 Å². The van der Waals surface area contributed by atoms with E-state index < -0.39 is 17.3 Å². The van der Waals surface area contributed by atoms with Crippen molar-refractivity contribution in [2.24, 2.45) is 10.9 Å². The van der Waals surface area contributed by atoms with E-state index in [1.165, 1.54) is 0 Å². The summed E-state index contributed by atoms with van der Waals surface area (Å²) in [5, 5.41) is 8.49. The van der Waals surface area contributed by atoms with E-state index in [1.807, 2.05) is 22.6 Å². The van der Waals surface area contributed by atoms with Crippen LogP contribution in [0.5, 0.6) is 0 Å². The Morgan fingerprint density at radius 3 is 2.53 bits per heavy atom. The van der Waals surface area contributed by atoms with E-state index in [-0.39, 0.29) is 6.42 Å². The molecule has 2 atom stereocenters. The van der Waals surface area contributed by atoms with Crippen LogP contribution in [0.1, 0.15) is 13.3 Å². The molecule has 0 aromatic carbocycles. The first-order valence-electron chi connectivity index (χ1n) is 4.28. The van der Waals surface area contributed by atoms with Crippen molar-refractivity contribution in [3.05, 3.63) is 21.9 Å². The van der Waals surface area contributed by atoms with Crippen LogP contribution in [0.15, 0.2) is 26.9 Å². The highest BCUT2D eigenvalue weighted by Crippen LogP contribution is 2.25. The highest BCUT2D eigenvalue weighted by Gasteiger charge is 2.24. The Bertz CT molecular complexity index is 300. The SMILES string of the molecule is C=C/C(I)=C(\C[C@@H](C(=O)O)C(C)Cl)N=C. The van der Waals surface area contributed by atoms with Gasteiger partial charge < -0.3 is 5.11 Å². The summed E-state index contributed by atoms with van der Waals surface area (Å²) in [4.78, 5) is 14.7. The largest absolute Gasteiger partial charge is 0.481 e. The monoisotopic (exact) mass is 341 g/mol. The van der Waals surface area contributed by atoms with E-state index in [0.29, 0.717) is 5.70 Å². The van der Waals surface area contributed by atoms with Gasteiger partial charge in [-0.05, 0) is 36.2 Å². The van der Waals surface area contributed by atoms with Gasteiger partial charge in [0.2, 0.25) is 0 Å². The Balaban J connectivity index is 4.87. The average molecular weight is 342 g/mol. The van der Waals surface area contributed by atoms with Crippen LogP contribution in [0, 0.1) is 5.92 Å². The maximum Gasteiger partial charge on any atom is 0.308 e. The molecule has 0 aliphatic rings. The molecule has 0 aromatic heterocycles. The van der Waals surface area contributed by atoms with Crippen LogP contribution in [0.3, 0.4) is 0 Å². The number of carboxylic acids is 1. The lowest BCUT2D eigenvalue weighted by Gasteiger charge is -2.14. The maximum atomic E-state index is 10.9. The quantitative estimate of drug-likeness (QED) is 0.349. The summed E-state index contributed by atoms with van der Waals surface area (Å²) >= 11 is 7.83. The second kappa shape index (κ2) is 7.00. The Hall–Kier alpha value is -0.360. The minimum absolute atomic E-state index is 0.272. The van der Waals surface area contributed by atoms with Crippen molar-refractivity contribution in [1.29, 1.82) is 0 Å². The molecule has 0 fully saturated rings. The lowest BCUT2D eigenvalue weighted by atomic mass is 10.00. The van der Waals surface area contributed by atoms with Gasteiger partial charge in [-0.3, -0.25) is 9.79 Å². The van der Waals surface area contributed by atoms with Crippen molar-refractivity contribution < 1.29 is 9.90 Å². The van der Waals surface area contributed by atoms with Crippen molar-refractivity contribution in [3.63, 3.8) is 0 Å². The van der Waals surface area contributed by atoms with E-state index in [9.17, 15) is 4.79 Å². The Kier molecular flexibility index (Phi) is 6.84. The summed E-state index contributed by atoms with van der Waals surface area (Å²) in [7, 11) is 0. The van der Waals surface area contributed by atoms with Gasteiger partial charge in [-0.15, -0.1) is 11.6 Å². The smallest absolute Gasteiger partial charge is 0.308 e. The van der Waals surface area contributed by atoms with E-state index in [4.69, 9.17) is 16.7 Å². The molecule has 0 amide bonds. The first kappa shape index (κ1) is 14.6. The molecule has 0 saturated carbocycles. The van der Waals surface area contributed by atoms with Crippen molar-refractivity contribution in [3.8, 4) is 0 Å². The molecule has 1 N–H and O–H groups in total. The molecule has 1 unspecified atom stereocenters. The number of allylic oxidation sites excluding steroid dienone is 3. The first-order chi connectivity index (χ1) is 6.93. The number of hydrogen-bond donors (Lipinski definition) is 1. The molecule has 0 aliphatic heterocycles. The number of halogens is 2. The summed E-state index contributed by atoms with van der Waals surface area (Å²) in [6.07, 6.45) is 1.89. The van der Waals surface area contributed by atoms with Crippen LogP contribution in [0.25, 0.3) is 0 Å². The van der Waals surface area contributed by atoms with Crippen LogP contribution in [0.4, 0.5) is 0 Å². The molecule has 0 aliphatic carbocycles. The lowest BCUT2D eigenvalue weighted by molar-refractivity contribution is -0.141. The van der Waals surface area contributed by atoms with Crippen LogP contribution >= 0.6 is 34.2 Å². The second-order valence-corrected chi connectivity index (χ2v) is 4.83. The highest BCUT2D eigenvalue weighted by atomic mass is 127. The Labute approximate surface area is 108 Å². The Morgan fingerprint density at radius 2 is 2.27 bits per heavy atom. The molecule has 0 aromatic rings. The molecule has 84 valence electrons. The minimum atomic E-state index is -0.924. The van der Waals surface area contributed by atoms with Crippen LogP contribution in [0.2, 0.25) is 0 Å². The van der Waals surface area contributed by atoms with Gasteiger partial charge in [0.05, 0.1) is 11.6 Å². The van der Waals surface area contributed by atoms with E-state index in [2.05, 4.69) is 18.3 Å². The summed E-state index contributed by atoms with van der Waals surface area (Å²) in [6.45, 7) is 8.65. The predicted molar refractivity (Wildman–Crippen MR) is 71.8 cm³/mol. The number of aliphatic imine (C=N–C) groups is 1. The zero-order chi connectivity index (χ0) is 12.0. The van der Waals surface area contributed by atoms with Crippen LogP contribution in [-0.2, 0) is 4.79 Å². The van der Waals surface area contributed by atoms with Crippen molar-refractivity contribution in [2.75, 3.05) is 0 Å². The van der Waals surface area contributed by atoms with Crippen molar-refractivity contribution in [2.45, 2.75) is 18.7 Å². The van der Waals surface area contributed by atoms with Gasteiger partial charge in [0, 0.05) is 15.4 Å². The van der Waals surface area contributed by atoms with Crippen molar-refractivity contribution >= 4 is 46.9 Å². The third-order valence-electron chi connectivity index (χ3n) is 1.93. The van der Waals surface area contributed by atoms with E-state index >= 15 is 0 Å². The van der Waals surface area contributed by atoms with Gasteiger partial charge in [-0.2, -0.15) is 0 Å². The summed E-state index contributed by atoms with van der Waals surface area (Å²) in [6, 6.07) is 0. The zero-order valence-corrected chi connectivity index (χ0v) is 11.3. The summed E-state index contributed by atoms with van der Waals surface area (Å²) in [5.41, 5.74) is 0.616. The minimum Gasteiger partial charge on any atom is -0.481 e. The third-order valence-corrected chi connectivity index (χ3v) is 3.30. The molecular formula is C10H13ClINO2. The molecular weight excluding hydrogens is 328 g/mol. The molecule has 0 spiro atoms. The zero-order valence-electron chi connectivity index (χ0n) is 8.41. The fourth-order valence-corrected chi connectivity index (χ4v) is 1.60. The van der Waals surface area contributed by atoms with Gasteiger partial charge in [0.1, 0.15) is 0 Å². The third kappa shape index (κ3) is 4.79. The molecule has 3 nitrogen and oxygen atoms in total. The summed E-state index contributed by atoms with van der Waals surface area (Å²) in [5.74, 6) is -1.58. The summed E-state index contributed by atoms with van der Waals surface area (Å²) < 4.78 is 0.797. The molecule has 5 heteroatoms.